The van der Waals surface area contributed by atoms with Crippen molar-refractivity contribution in [2.24, 2.45) is 0 Å². The molecule has 1 fully saturated rings. The Labute approximate surface area is 169 Å². The zero-order chi connectivity index (χ0) is 18.7. The van der Waals surface area contributed by atoms with Crippen LogP contribution in [0.3, 0.4) is 0 Å². The SMILES string of the molecule is O=C(O)CC(c1ccccc1)N1C(=O)C(=Cc2ccc(Br)cc2)SC1=S. The van der Waals surface area contributed by atoms with Crippen LogP contribution in [0.1, 0.15) is 23.6 Å². The first-order chi connectivity index (χ1) is 12.5. The van der Waals surface area contributed by atoms with Gasteiger partial charge in [-0.05, 0) is 29.3 Å². The lowest BCUT2D eigenvalue weighted by molar-refractivity contribution is -0.138. The topological polar surface area (TPSA) is 57.6 Å². The van der Waals surface area contributed by atoms with E-state index in [1.807, 2.05) is 54.6 Å². The van der Waals surface area contributed by atoms with E-state index in [1.54, 1.807) is 6.08 Å². The van der Waals surface area contributed by atoms with Crippen molar-refractivity contribution in [1.82, 2.24) is 4.90 Å². The maximum Gasteiger partial charge on any atom is 0.305 e. The molecule has 2 aromatic carbocycles. The van der Waals surface area contributed by atoms with Gasteiger partial charge in [0.1, 0.15) is 4.32 Å². The first-order valence-corrected chi connectivity index (χ1v) is 9.77. The number of thiocarbonyl (C=S) groups is 1. The maximum atomic E-state index is 12.9. The quantitative estimate of drug-likeness (QED) is 0.523. The van der Waals surface area contributed by atoms with Gasteiger partial charge in [0, 0.05) is 4.47 Å². The Kier molecular flexibility index (Phi) is 5.90. The smallest absolute Gasteiger partial charge is 0.305 e. The molecule has 0 spiro atoms. The summed E-state index contributed by atoms with van der Waals surface area (Å²) in [5.41, 5.74) is 1.62. The van der Waals surface area contributed by atoms with E-state index in [4.69, 9.17) is 12.2 Å². The molecule has 0 bridgehead atoms. The van der Waals surface area contributed by atoms with Gasteiger partial charge in [-0.3, -0.25) is 14.5 Å². The van der Waals surface area contributed by atoms with Crippen LogP contribution in [0, 0.1) is 0 Å². The number of hydrogen-bond acceptors (Lipinski definition) is 4. The van der Waals surface area contributed by atoms with Crippen molar-refractivity contribution in [3.63, 3.8) is 0 Å². The van der Waals surface area contributed by atoms with Crippen LogP contribution in [0.5, 0.6) is 0 Å². The van der Waals surface area contributed by atoms with Crippen molar-refractivity contribution in [3.05, 3.63) is 75.1 Å². The molecule has 0 radical (unpaired) electrons. The van der Waals surface area contributed by atoms with Gasteiger partial charge in [-0.15, -0.1) is 0 Å². The molecule has 1 unspecified atom stereocenters. The Morgan fingerprint density at radius 3 is 2.46 bits per heavy atom. The summed E-state index contributed by atoms with van der Waals surface area (Å²) in [4.78, 5) is 26.2. The Bertz CT molecular complexity index is 881. The lowest BCUT2D eigenvalue weighted by atomic mass is 10.0. The van der Waals surface area contributed by atoms with E-state index in [0.717, 1.165) is 15.6 Å². The summed E-state index contributed by atoms with van der Waals surface area (Å²) in [6.07, 6.45) is 1.57. The molecule has 4 nitrogen and oxygen atoms in total. The van der Waals surface area contributed by atoms with Gasteiger partial charge in [0.15, 0.2) is 0 Å². The number of carbonyl (C=O) groups excluding carboxylic acids is 1. The first-order valence-electron chi connectivity index (χ1n) is 7.75. The average molecular weight is 448 g/mol. The van der Waals surface area contributed by atoms with Gasteiger partial charge in [-0.25, -0.2) is 0 Å². The van der Waals surface area contributed by atoms with Crippen LogP contribution >= 0.6 is 39.9 Å². The number of hydrogen-bond donors (Lipinski definition) is 1. The van der Waals surface area contributed by atoms with Crippen LogP contribution in [0.15, 0.2) is 64.0 Å². The van der Waals surface area contributed by atoms with Crippen molar-refractivity contribution < 1.29 is 14.7 Å². The Hall–Kier alpha value is -1.96. The van der Waals surface area contributed by atoms with Crippen molar-refractivity contribution in [3.8, 4) is 0 Å². The number of benzene rings is 2. The molecule has 0 saturated carbocycles. The first kappa shape index (κ1) is 18.8. The second-order valence-electron chi connectivity index (χ2n) is 5.63. The fraction of sp³-hybridized carbons (Fsp3) is 0.105. The molecule has 2 aromatic rings. The number of amides is 1. The molecule has 1 aliphatic heterocycles. The predicted octanol–water partition coefficient (Wildman–Crippen LogP) is 4.87. The zero-order valence-corrected chi connectivity index (χ0v) is 16.7. The third-order valence-electron chi connectivity index (χ3n) is 3.86. The van der Waals surface area contributed by atoms with Crippen molar-refractivity contribution in [2.75, 3.05) is 0 Å². The second kappa shape index (κ2) is 8.16. The van der Waals surface area contributed by atoms with E-state index in [0.29, 0.717) is 9.23 Å². The largest absolute Gasteiger partial charge is 0.481 e. The highest BCUT2D eigenvalue weighted by Crippen LogP contribution is 2.39. The normalized spacial score (nSPS) is 17.0. The van der Waals surface area contributed by atoms with E-state index < -0.39 is 12.0 Å². The lowest BCUT2D eigenvalue weighted by Crippen LogP contribution is -2.34. The molecule has 1 saturated heterocycles. The molecule has 1 amide bonds. The van der Waals surface area contributed by atoms with Crippen molar-refractivity contribution in [2.45, 2.75) is 12.5 Å². The minimum Gasteiger partial charge on any atom is -0.481 e. The van der Waals surface area contributed by atoms with Crippen LogP contribution < -0.4 is 0 Å². The second-order valence-corrected chi connectivity index (χ2v) is 8.22. The standard InChI is InChI=1S/C19H14BrNO3S2/c20-14-8-6-12(7-9-14)10-16-18(24)21(19(25)26-16)15(11-17(22)23)13-4-2-1-3-5-13/h1-10,15H,11H2,(H,22,23). The van der Waals surface area contributed by atoms with Crippen molar-refractivity contribution >= 4 is 62.2 Å². The third-order valence-corrected chi connectivity index (χ3v) is 5.71. The van der Waals surface area contributed by atoms with E-state index in [-0.39, 0.29) is 12.3 Å². The maximum absolute atomic E-state index is 12.9. The molecule has 7 heteroatoms. The van der Waals surface area contributed by atoms with Gasteiger partial charge in [-0.2, -0.15) is 0 Å². The number of carboxylic acid groups (broad SMARTS) is 1. The van der Waals surface area contributed by atoms with E-state index in [1.165, 1.54) is 16.7 Å². The number of nitrogens with zero attached hydrogens (tertiary/aromatic N) is 1. The van der Waals surface area contributed by atoms with Gasteiger partial charge >= 0.3 is 5.97 Å². The lowest BCUT2D eigenvalue weighted by Gasteiger charge is -2.26. The van der Waals surface area contributed by atoms with Crippen LogP contribution in [-0.4, -0.2) is 26.2 Å². The van der Waals surface area contributed by atoms with Crippen LogP contribution in [0.4, 0.5) is 0 Å². The van der Waals surface area contributed by atoms with E-state index in [2.05, 4.69) is 15.9 Å². The molecule has 1 N–H and O–H groups in total. The molecule has 3 rings (SSSR count). The monoisotopic (exact) mass is 447 g/mol. The molecule has 26 heavy (non-hydrogen) atoms. The average Bonchev–Trinajstić information content (AvgIpc) is 2.89. The summed E-state index contributed by atoms with van der Waals surface area (Å²) in [6, 6.07) is 16.0. The summed E-state index contributed by atoms with van der Waals surface area (Å²) in [5, 5.41) is 9.30. The summed E-state index contributed by atoms with van der Waals surface area (Å²) in [6.45, 7) is 0. The van der Waals surface area contributed by atoms with Gasteiger partial charge < -0.3 is 5.11 Å². The fourth-order valence-electron chi connectivity index (χ4n) is 2.66. The number of thioether (sulfide) groups is 1. The van der Waals surface area contributed by atoms with Gasteiger partial charge in [0.25, 0.3) is 5.91 Å². The van der Waals surface area contributed by atoms with Gasteiger partial charge in [0.2, 0.25) is 0 Å². The van der Waals surface area contributed by atoms with Gasteiger partial charge in [-0.1, -0.05) is 82.4 Å². The minimum absolute atomic E-state index is 0.206. The summed E-state index contributed by atoms with van der Waals surface area (Å²) >= 11 is 9.96. The van der Waals surface area contributed by atoms with E-state index in [9.17, 15) is 14.7 Å². The Balaban J connectivity index is 1.93. The molecule has 0 aromatic heterocycles. The van der Waals surface area contributed by atoms with Crippen LogP contribution in [0.25, 0.3) is 6.08 Å². The Morgan fingerprint density at radius 1 is 1.19 bits per heavy atom. The zero-order valence-electron chi connectivity index (χ0n) is 13.5. The molecule has 1 aliphatic rings. The fourth-order valence-corrected chi connectivity index (χ4v) is 4.28. The molecule has 1 atom stereocenters. The molecule has 132 valence electrons. The summed E-state index contributed by atoms with van der Waals surface area (Å²) < 4.78 is 1.32. The Morgan fingerprint density at radius 2 is 1.85 bits per heavy atom. The van der Waals surface area contributed by atoms with Crippen LogP contribution in [0.2, 0.25) is 0 Å². The number of aliphatic carboxylic acids is 1. The predicted molar refractivity (Wildman–Crippen MR) is 111 cm³/mol. The van der Waals surface area contributed by atoms with E-state index >= 15 is 0 Å². The summed E-state index contributed by atoms with van der Waals surface area (Å²) in [5.74, 6) is -1.25. The molecule has 0 aliphatic carbocycles. The van der Waals surface area contributed by atoms with Gasteiger partial charge in [0.05, 0.1) is 17.4 Å². The number of carbonyl (C=O) groups is 2. The highest BCUT2D eigenvalue weighted by Gasteiger charge is 2.38. The molecular formula is C19H14BrNO3S2. The van der Waals surface area contributed by atoms with Crippen molar-refractivity contribution in [1.29, 1.82) is 0 Å². The highest BCUT2D eigenvalue weighted by atomic mass is 79.9. The third kappa shape index (κ3) is 4.23. The minimum atomic E-state index is -0.982. The molecular weight excluding hydrogens is 434 g/mol. The molecule has 1 heterocycles. The number of rotatable bonds is 5. The number of halogens is 1. The van der Waals surface area contributed by atoms with Crippen LogP contribution in [-0.2, 0) is 9.59 Å². The summed E-state index contributed by atoms with van der Waals surface area (Å²) in [7, 11) is 0. The number of carboxylic acids is 1. The highest BCUT2D eigenvalue weighted by molar-refractivity contribution is 9.10.